The number of benzene rings is 1. The molecule has 0 saturated heterocycles. The zero-order valence-electron chi connectivity index (χ0n) is 11.2. The van der Waals surface area contributed by atoms with Gasteiger partial charge in [-0.1, -0.05) is 12.1 Å². The Hall–Kier alpha value is -1.44. The molecule has 1 saturated carbocycles. The highest BCUT2D eigenvalue weighted by atomic mass is 19.1. The Morgan fingerprint density at radius 1 is 1.42 bits per heavy atom. The van der Waals surface area contributed by atoms with Gasteiger partial charge in [0.25, 0.3) is 0 Å². The van der Waals surface area contributed by atoms with Crippen molar-refractivity contribution in [2.45, 2.75) is 44.3 Å². The van der Waals surface area contributed by atoms with Crippen molar-refractivity contribution in [2.24, 2.45) is 5.73 Å². The minimum Gasteiger partial charge on any atom is -0.326 e. The first-order valence-corrected chi connectivity index (χ1v) is 6.77. The molecule has 0 heterocycles. The summed E-state index contributed by atoms with van der Waals surface area (Å²) < 4.78 is 13.0. The largest absolute Gasteiger partial charge is 0.326 e. The van der Waals surface area contributed by atoms with Crippen molar-refractivity contribution >= 4 is 0 Å². The van der Waals surface area contributed by atoms with Crippen LogP contribution in [-0.2, 0) is 0 Å². The van der Waals surface area contributed by atoms with Gasteiger partial charge in [0.05, 0.1) is 6.07 Å². The van der Waals surface area contributed by atoms with Crippen LogP contribution in [0, 0.1) is 17.1 Å². The lowest BCUT2D eigenvalue weighted by Gasteiger charge is -2.34. The van der Waals surface area contributed by atoms with Crippen molar-refractivity contribution in [3.63, 3.8) is 0 Å². The molecule has 1 aliphatic carbocycles. The van der Waals surface area contributed by atoms with Crippen LogP contribution in [0.15, 0.2) is 24.3 Å². The van der Waals surface area contributed by atoms with Gasteiger partial charge in [-0.2, -0.15) is 5.26 Å². The maximum atomic E-state index is 13.0. The highest BCUT2D eigenvalue weighted by molar-refractivity contribution is 5.22. The molecule has 19 heavy (non-hydrogen) atoms. The van der Waals surface area contributed by atoms with E-state index in [0.717, 1.165) is 24.9 Å². The fourth-order valence-corrected chi connectivity index (χ4v) is 2.59. The van der Waals surface area contributed by atoms with Crippen molar-refractivity contribution in [3.05, 3.63) is 35.6 Å². The van der Waals surface area contributed by atoms with Crippen LogP contribution in [0.1, 0.15) is 37.8 Å². The zero-order valence-corrected chi connectivity index (χ0v) is 11.2. The van der Waals surface area contributed by atoms with Gasteiger partial charge in [-0.3, -0.25) is 4.90 Å². The van der Waals surface area contributed by atoms with E-state index < -0.39 is 0 Å². The van der Waals surface area contributed by atoms with Crippen LogP contribution in [0.5, 0.6) is 0 Å². The molecule has 2 unspecified atom stereocenters. The van der Waals surface area contributed by atoms with Crippen molar-refractivity contribution < 1.29 is 4.39 Å². The average Bonchev–Trinajstić information content (AvgIpc) is 3.20. The van der Waals surface area contributed by atoms with Crippen LogP contribution >= 0.6 is 0 Å². The maximum absolute atomic E-state index is 13.0. The fraction of sp³-hybridized carbons (Fsp3) is 0.533. The van der Waals surface area contributed by atoms with Gasteiger partial charge in [0, 0.05) is 31.1 Å². The first-order chi connectivity index (χ1) is 9.13. The molecular formula is C15H20FN3. The lowest BCUT2D eigenvalue weighted by molar-refractivity contribution is 0.170. The SMILES string of the molecule is CC(N)C(c1ccc(F)cc1)N(CCC#N)C1CC1. The van der Waals surface area contributed by atoms with Crippen LogP contribution in [0.2, 0.25) is 0 Å². The molecule has 4 heteroatoms. The lowest BCUT2D eigenvalue weighted by Crippen LogP contribution is -2.41. The predicted octanol–water partition coefficient (Wildman–Crippen LogP) is 2.59. The smallest absolute Gasteiger partial charge is 0.123 e. The summed E-state index contributed by atoms with van der Waals surface area (Å²) in [5, 5.41) is 8.79. The number of nitrogens with zero attached hydrogens (tertiary/aromatic N) is 2. The second-order valence-electron chi connectivity index (χ2n) is 5.23. The molecule has 0 aliphatic heterocycles. The van der Waals surface area contributed by atoms with Crippen LogP contribution in [0.25, 0.3) is 0 Å². The lowest BCUT2D eigenvalue weighted by atomic mass is 9.98. The summed E-state index contributed by atoms with van der Waals surface area (Å²) >= 11 is 0. The Morgan fingerprint density at radius 2 is 2.05 bits per heavy atom. The van der Waals surface area contributed by atoms with Gasteiger partial charge < -0.3 is 5.73 Å². The topological polar surface area (TPSA) is 53.0 Å². The summed E-state index contributed by atoms with van der Waals surface area (Å²) in [6.45, 7) is 2.69. The van der Waals surface area contributed by atoms with Gasteiger partial charge >= 0.3 is 0 Å². The minimum absolute atomic E-state index is 0.0512. The fourth-order valence-electron chi connectivity index (χ4n) is 2.59. The van der Waals surface area contributed by atoms with Crippen molar-refractivity contribution in [1.29, 1.82) is 5.26 Å². The van der Waals surface area contributed by atoms with Crippen molar-refractivity contribution in [1.82, 2.24) is 4.90 Å². The van der Waals surface area contributed by atoms with Gasteiger partial charge in [0.2, 0.25) is 0 Å². The number of halogens is 1. The third-order valence-electron chi connectivity index (χ3n) is 3.56. The first-order valence-electron chi connectivity index (χ1n) is 6.77. The van der Waals surface area contributed by atoms with Crippen molar-refractivity contribution in [2.75, 3.05) is 6.54 Å². The molecule has 1 aromatic rings. The molecule has 1 aromatic carbocycles. The molecule has 1 aliphatic rings. The van der Waals surface area contributed by atoms with E-state index in [2.05, 4.69) is 11.0 Å². The van der Waals surface area contributed by atoms with Crippen LogP contribution in [0.4, 0.5) is 4.39 Å². The minimum atomic E-state index is -0.234. The Labute approximate surface area is 113 Å². The van der Waals surface area contributed by atoms with Crippen LogP contribution < -0.4 is 5.73 Å². The number of nitriles is 1. The Kier molecular flexibility index (Phi) is 4.52. The molecule has 2 atom stereocenters. The molecule has 0 bridgehead atoms. The van der Waals surface area contributed by atoms with E-state index in [-0.39, 0.29) is 17.9 Å². The van der Waals surface area contributed by atoms with E-state index in [0.29, 0.717) is 12.5 Å². The third-order valence-corrected chi connectivity index (χ3v) is 3.56. The summed E-state index contributed by atoms with van der Waals surface area (Å²) in [5.41, 5.74) is 7.16. The Bertz CT molecular complexity index is 445. The standard InChI is InChI=1S/C15H20FN3/c1-11(18)15(12-3-5-13(16)6-4-12)19(10-2-9-17)14-7-8-14/h3-6,11,14-15H,2,7-8,10,18H2,1H3. The van der Waals surface area contributed by atoms with E-state index in [4.69, 9.17) is 11.0 Å². The quantitative estimate of drug-likeness (QED) is 0.856. The molecule has 0 radical (unpaired) electrons. The van der Waals surface area contributed by atoms with Crippen LogP contribution in [-0.4, -0.2) is 23.5 Å². The maximum Gasteiger partial charge on any atom is 0.123 e. The number of rotatable bonds is 6. The molecule has 2 N–H and O–H groups in total. The van der Waals surface area contributed by atoms with Gasteiger partial charge in [0.1, 0.15) is 5.82 Å². The summed E-state index contributed by atoms with van der Waals surface area (Å²) in [4.78, 5) is 2.31. The van der Waals surface area contributed by atoms with E-state index >= 15 is 0 Å². The number of hydrogen-bond acceptors (Lipinski definition) is 3. The van der Waals surface area contributed by atoms with E-state index in [1.807, 2.05) is 6.92 Å². The molecule has 1 fully saturated rings. The average molecular weight is 261 g/mol. The summed E-state index contributed by atoms with van der Waals surface area (Å²) in [7, 11) is 0. The van der Waals surface area contributed by atoms with Gasteiger partial charge in [-0.25, -0.2) is 4.39 Å². The van der Waals surface area contributed by atoms with Gasteiger partial charge in [-0.05, 0) is 37.5 Å². The molecule has 0 amide bonds. The predicted molar refractivity (Wildman–Crippen MR) is 72.7 cm³/mol. The molecule has 3 nitrogen and oxygen atoms in total. The first kappa shape index (κ1) is 14.0. The summed E-state index contributed by atoms with van der Waals surface area (Å²) in [5.74, 6) is -0.234. The third kappa shape index (κ3) is 3.52. The van der Waals surface area contributed by atoms with E-state index in [1.165, 1.54) is 12.1 Å². The summed E-state index contributed by atoms with van der Waals surface area (Å²) in [6.07, 6.45) is 2.83. The molecule has 0 aromatic heterocycles. The van der Waals surface area contributed by atoms with Crippen molar-refractivity contribution in [3.8, 4) is 6.07 Å². The zero-order chi connectivity index (χ0) is 13.8. The monoisotopic (exact) mass is 261 g/mol. The van der Waals surface area contributed by atoms with E-state index in [9.17, 15) is 4.39 Å². The number of hydrogen-bond donors (Lipinski definition) is 1. The molecule has 0 spiro atoms. The van der Waals surface area contributed by atoms with Gasteiger partial charge in [0.15, 0.2) is 0 Å². The Balaban J connectivity index is 2.22. The van der Waals surface area contributed by atoms with Gasteiger partial charge in [-0.15, -0.1) is 0 Å². The normalized spacial score (nSPS) is 18.1. The molecule has 2 rings (SSSR count). The summed E-state index contributed by atoms with van der Waals surface area (Å²) in [6, 6.07) is 9.26. The molecular weight excluding hydrogens is 241 g/mol. The molecule has 102 valence electrons. The number of nitrogens with two attached hydrogens (primary N) is 1. The highest BCUT2D eigenvalue weighted by Crippen LogP contribution is 2.35. The second-order valence-corrected chi connectivity index (χ2v) is 5.23. The Morgan fingerprint density at radius 3 is 2.53 bits per heavy atom. The van der Waals surface area contributed by atoms with Crippen LogP contribution in [0.3, 0.4) is 0 Å². The highest BCUT2D eigenvalue weighted by Gasteiger charge is 2.35. The van der Waals surface area contributed by atoms with E-state index in [1.54, 1.807) is 12.1 Å². The second kappa shape index (κ2) is 6.14.